The monoisotopic (exact) mass is 416 g/mol. The molecule has 2 aromatic rings. The van der Waals surface area contributed by atoms with Crippen molar-refractivity contribution >= 4 is 17.3 Å². The summed E-state index contributed by atoms with van der Waals surface area (Å²) in [5.41, 5.74) is 1.30. The Morgan fingerprint density at radius 3 is 2.62 bits per heavy atom. The molecule has 158 valence electrons. The van der Waals surface area contributed by atoms with Crippen LogP contribution in [0, 0.1) is 6.92 Å². The van der Waals surface area contributed by atoms with Crippen molar-refractivity contribution in [3.8, 4) is 5.75 Å². The van der Waals surface area contributed by atoms with Crippen LogP contribution in [-0.2, 0) is 16.6 Å². The number of aryl methyl sites for hydroxylation is 1. The lowest BCUT2D eigenvalue weighted by Crippen LogP contribution is -2.41. The summed E-state index contributed by atoms with van der Waals surface area (Å²) in [5, 5.41) is 7.99. The maximum atomic E-state index is 5.65. The zero-order chi connectivity index (χ0) is 20.5. The first-order valence-electron chi connectivity index (χ1n) is 10.3. The Morgan fingerprint density at radius 2 is 2.00 bits per heavy atom. The Bertz CT molecular complexity index is 782. The zero-order valence-corrected chi connectivity index (χ0v) is 18.5. The van der Waals surface area contributed by atoms with Gasteiger partial charge in [0.05, 0.1) is 18.7 Å². The van der Waals surface area contributed by atoms with E-state index in [0.717, 1.165) is 68.8 Å². The summed E-state index contributed by atoms with van der Waals surface area (Å²) in [6.45, 7) is 8.11. The first kappa shape index (κ1) is 21.6. The second kappa shape index (κ2) is 10.6. The van der Waals surface area contributed by atoms with Crippen LogP contribution < -0.4 is 15.4 Å². The Balaban J connectivity index is 1.68. The lowest BCUT2D eigenvalue weighted by atomic mass is 9.74. The molecule has 29 heavy (non-hydrogen) atoms. The largest absolute Gasteiger partial charge is 0.497 e. The van der Waals surface area contributed by atoms with Gasteiger partial charge in [0, 0.05) is 49.2 Å². The molecule has 2 N–H and O–H groups in total. The fourth-order valence-electron chi connectivity index (χ4n) is 3.62. The van der Waals surface area contributed by atoms with Crippen molar-refractivity contribution in [1.82, 2.24) is 15.6 Å². The second-order valence-electron chi connectivity index (χ2n) is 7.36. The number of aromatic nitrogens is 1. The van der Waals surface area contributed by atoms with Crippen LogP contribution in [0.4, 0.5) is 0 Å². The number of nitrogens with one attached hydrogen (secondary N) is 2. The summed E-state index contributed by atoms with van der Waals surface area (Å²) in [6, 6.07) is 8.42. The van der Waals surface area contributed by atoms with E-state index in [9.17, 15) is 0 Å². The zero-order valence-electron chi connectivity index (χ0n) is 17.7. The molecule has 0 aliphatic carbocycles. The quantitative estimate of drug-likeness (QED) is 0.510. The second-order valence-corrected chi connectivity index (χ2v) is 8.68. The van der Waals surface area contributed by atoms with Crippen LogP contribution in [0.3, 0.4) is 0 Å². The number of methoxy groups -OCH3 is 1. The molecule has 0 radical (unpaired) electrons. The molecule has 0 saturated carbocycles. The topological polar surface area (TPSA) is 67.8 Å². The highest BCUT2D eigenvalue weighted by molar-refractivity contribution is 7.11. The molecule has 2 heterocycles. The lowest BCUT2D eigenvalue weighted by molar-refractivity contribution is 0.0531. The van der Waals surface area contributed by atoms with Gasteiger partial charge in [0.25, 0.3) is 0 Å². The standard InChI is InChI=1S/C22H32N4O2S/c1-4-23-21(24-12-9-20-25-15-17(2)29-20)26-16-22(10-13-28-14-11-22)18-5-7-19(27-3)8-6-18/h5-8,15H,4,9-14,16H2,1-3H3,(H2,23,24,26). The van der Waals surface area contributed by atoms with Crippen LogP contribution in [0.5, 0.6) is 5.75 Å². The van der Waals surface area contributed by atoms with Gasteiger partial charge in [-0.25, -0.2) is 4.98 Å². The SMILES string of the molecule is CCNC(=NCC1(c2ccc(OC)cc2)CCOCC1)NCCc1ncc(C)s1. The van der Waals surface area contributed by atoms with Gasteiger partial charge in [-0.3, -0.25) is 4.99 Å². The minimum absolute atomic E-state index is 0.000702. The fraction of sp³-hybridized carbons (Fsp3) is 0.545. The molecule has 6 nitrogen and oxygen atoms in total. The van der Waals surface area contributed by atoms with Crippen molar-refractivity contribution in [2.75, 3.05) is 40.0 Å². The highest BCUT2D eigenvalue weighted by atomic mass is 32.1. The predicted molar refractivity (Wildman–Crippen MR) is 119 cm³/mol. The average Bonchev–Trinajstić information content (AvgIpc) is 3.17. The van der Waals surface area contributed by atoms with E-state index in [1.165, 1.54) is 10.4 Å². The van der Waals surface area contributed by atoms with E-state index in [2.05, 4.69) is 41.6 Å². The molecule has 1 aliphatic heterocycles. The molecule has 0 bridgehead atoms. The van der Waals surface area contributed by atoms with Crippen molar-refractivity contribution in [3.63, 3.8) is 0 Å². The Morgan fingerprint density at radius 1 is 1.24 bits per heavy atom. The molecule has 0 amide bonds. The lowest BCUT2D eigenvalue weighted by Gasteiger charge is -2.36. The smallest absolute Gasteiger partial charge is 0.191 e. The molecular weight excluding hydrogens is 384 g/mol. The number of hydrogen-bond donors (Lipinski definition) is 2. The third-order valence-electron chi connectivity index (χ3n) is 5.34. The molecule has 1 fully saturated rings. The highest BCUT2D eigenvalue weighted by Gasteiger charge is 2.34. The molecule has 0 spiro atoms. The van der Waals surface area contributed by atoms with Crippen molar-refractivity contribution in [2.24, 2.45) is 4.99 Å². The van der Waals surface area contributed by atoms with Gasteiger partial charge in [-0.2, -0.15) is 0 Å². The van der Waals surface area contributed by atoms with Gasteiger partial charge in [-0.05, 0) is 44.4 Å². The number of ether oxygens (including phenoxy) is 2. The van der Waals surface area contributed by atoms with Gasteiger partial charge in [0.2, 0.25) is 0 Å². The van der Waals surface area contributed by atoms with E-state index in [0.29, 0.717) is 0 Å². The minimum atomic E-state index is -0.000702. The van der Waals surface area contributed by atoms with Crippen molar-refractivity contribution in [3.05, 3.63) is 45.9 Å². The van der Waals surface area contributed by atoms with Crippen LogP contribution in [0.15, 0.2) is 35.5 Å². The number of benzene rings is 1. The van der Waals surface area contributed by atoms with E-state index in [4.69, 9.17) is 14.5 Å². The highest BCUT2D eigenvalue weighted by Crippen LogP contribution is 2.36. The number of guanidine groups is 1. The number of aliphatic imine (C=N–C) groups is 1. The molecule has 1 aliphatic rings. The Kier molecular flexibility index (Phi) is 7.89. The third-order valence-corrected chi connectivity index (χ3v) is 6.31. The summed E-state index contributed by atoms with van der Waals surface area (Å²) in [7, 11) is 1.70. The Labute approximate surface area is 177 Å². The summed E-state index contributed by atoms with van der Waals surface area (Å²) in [6.07, 6.45) is 4.78. The van der Waals surface area contributed by atoms with E-state index in [1.807, 2.05) is 18.3 Å². The van der Waals surface area contributed by atoms with Crippen LogP contribution in [0.25, 0.3) is 0 Å². The number of thiazole rings is 1. The molecular formula is C22H32N4O2S. The van der Waals surface area contributed by atoms with E-state index in [-0.39, 0.29) is 5.41 Å². The minimum Gasteiger partial charge on any atom is -0.497 e. The maximum absolute atomic E-state index is 5.65. The number of rotatable bonds is 8. The maximum Gasteiger partial charge on any atom is 0.191 e. The van der Waals surface area contributed by atoms with E-state index < -0.39 is 0 Å². The molecule has 1 aromatic heterocycles. The van der Waals surface area contributed by atoms with Crippen LogP contribution >= 0.6 is 11.3 Å². The predicted octanol–water partition coefficient (Wildman–Crippen LogP) is 3.31. The van der Waals surface area contributed by atoms with Gasteiger partial charge in [0.1, 0.15) is 5.75 Å². The molecule has 3 rings (SSSR count). The van der Waals surface area contributed by atoms with Crippen LogP contribution in [0.2, 0.25) is 0 Å². The summed E-state index contributed by atoms with van der Waals surface area (Å²) in [5.74, 6) is 1.74. The fourth-order valence-corrected chi connectivity index (χ4v) is 4.41. The number of nitrogens with zero attached hydrogens (tertiary/aromatic N) is 2. The summed E-state index contributed by atoms with van der Waals surface area (Å²) in [4.78, 5) is 10.6. The van der Waals surface area contributed by atoms with Crippen molar-refractivity contribution in [1.29, 1.82) is 0 Å². The van der Waals surface area contributed by atoms with Crippen molar-refractivity contribution < 1.29 is 9.47 Å². The average molecular weight is 417 g/mol. The number of hydrogen-bond acceptors (Lipinski definition) is 5. The van der Waals surface area contributed by atoms with E-state index in [1.54, 1.807) is 18.4 Å². The van der Waals surface area contributed by atoms with Crippen LogP contribution in [0.1, 0.15) is 35.2 Å². The van der Waals surface area contributed by atoms with E-state index >= 15 is 0 Å². The summed E-state index contributed by atoms with van der Waals surface area (Å²) < 4.78 is 11.0. The molecule has 0 atom stereocenters. The van der Waals surface area contributed by atoms with Gasteiger partial charge in [0.15, 0.2) is 5.96 Å². The van der Waals surface area contributed by atoms with Gasteiger partial charge >= 0.3 is 0 Å². The van der Waals surface area contributed by atoms with Crippen molar-refractivity contribution in [2.45, 2.75) is 38.5 Å². The first-order chi connectivity index (χ1) is 14.1. The normalized spacial score (nSPS) is 16.4. The third kappa shape index (κ3) is 5.93. The molecule has 1 aromatic carbocycles. The van der Waals surface area contributed by atoms with Gasteiger partial charge in [-0.15, -0.1) is 11.3 Å². The molecule has 0 unspecified atom stereocenters. The molecule has 1 saturated heterocycles. The Hall–Kier alpha value is -2.12. The first-order valence-corrected chi connectivity index (χ1v) is 11.1. The van der Waals surface area contributed by atoms with Gasteiger partial charge < -0.3 is 20.1 Å². The summed E-state index contributed by atoms with van der Waals surface area (Å²) >= 11 is 1.75. The van der Waals surface area contributed by atoms with Crippen LogP contribution in [-0.4, -0.2) is 50.9 Å². The molecule has 7 heteroatoms. The van der Waals surface area contributed by atoms with Gasteiger partial charge in [-0.1, -0.05) is 12.1 Å².